The van der Waals surface area contributed by atoms with Gasteiger partial charge in [-0.1, -0.05) is 12.1 Å². The zero-order valence-electron chi connectivity index (χ0n) is 13.5. The van der Waals surface area contributed by atoms with Crippen LogP contribution in [0, 0.1) is 0 Å². The lowest BCUT2D eigenvalue weighted by Crippen LogP contribution is -2.53. The lowest BCUT2D eigenvalue weighted by Gasteiger charge is -2.32. The summed E-state index contributed by atoms with van der Waals surface area (Å²) in [5.74, 6) is 0.182. The highest BCUT2D eigenvalue weighted by Gasteiger charge is 2.21. The summed E-state index contributed by atoms with van der Waals surface area (Å²) in [5, 5.41) is 5.96. The molecule has 7 heteroatoms. The summed E-state index contributed by atoms with van der Waals surface area (Å²) in [6, 6.07) is 7.31. The van der Waals surface area contributed by atoms with Gasteiger partial charge in [0.25, 0.3) is 5.91 Å². The Morgan fingerprint density at radius 1 is 1.39 bits per heavy atom. The largest absolute Gasteiger partial charge is 0.493 e. The second-order valence-corrected chi connectivity index (χ2v) is 5.31. The van der Waals surface area contributed by atoms with E-state index in [1.54, 1.807) is 23.1 Å². The van der Waals surface area contributed by atoms with Gasteiger partial charge >= 0.3 is 0 Å². The number of hydrogen-bond donors (Lipinski definition) is 2. The predicted octanol–water partition coefficient (Wildman–Crippen LogP) is 1.06. The quantitative estimate of drug-likeness (QED) is 0.840. The third kappa shape index (κ3) is 5.41. The van der Waals surface area contributed by atoms with Crippen molar-refractivity contribution in [3.63, 3.8) is 0 Å². The molecule has 0 aromatic heterocycles. The highest BCUT2D eigenvalue weighted by Crippen LogP contribution is 2.17. The van der Waals surface area contributed by atoms with Crippen molar-refractivity contribution in [2.24, 2.45) is 0 Å². The zero-order chi connectivity index (χ0) is 15.9. The van der Waals surface area contributed by atoms with Crippen LogP contribution in [0.4, 0.5) is 0 Å². The molecule has 6 nitrogen and oxygen atoms in total. The van der Waals surface area contributed by atoms with Crippen LogP contribution in [0.1, 0.15) is 24.2 Å². The van der Waals surface area contributed by atoms with E-state index in [1.165, 1.54) is 0 Å². The summed E-state index contributed by atoms with van der Waals surface area (Å²) in [7, 11) is 0. The lowest BCUT2D eigenvalue weighted by molar-refractivity contribution is -0.131. The van der Waals surface area contributed by atoms with Gasteiger partial charge in [-0.2, -0.15) is 0 Å². The number of amides is 2. The fourth-order valence-electron chi connectivity index (χ4n) is 2.46. The minimum absolute atomic E-state index is 0. The molecule has 0 aliphatic carbocycles. The SMILES string of the molecule is CCOc1ccccc1C(=O)NCC(=O)N1CCN[C@H](C)C1.Cl. The summed E-state index contributed by atoms with van der Waals surface area (Å²) in [5.41, 5.74) is 0.450. The topological polar surface area (TPSA) is 70.7 Å². The number of ether oxygens (including phenoxy) is 1. The molecule has 1 aliphatic rings. The smallest absolute Gasteiger partial charge is 0.255 e. The van der Waals surface area contributed by atoms with Crippen molar-refractivity contribution in [2.75, 3.05) is 32.8 Å². The third-order valence-corrected chi connectivity index (χ3v) is 3.55. The number of nitrogens with one attached hydrogen (secondary N) is 2. The molecular weight excluding hydrogens is 318 g/mol. The highest BCUT2D eigenvalue weighted by atomic mass is 35.5. The number of carbonyl (C=O) groups is 2. The van der Waals surface area contributed by atoms with Crippen molar-refractivity contribution in [1.29, 1.82) is 0 Å². The van der Waals surface area contributed by atoms with Gasteiger partial charge < -0.3 is 20.3 Å². The van der Waals surface area contributed by atoms with E-state index in [9.17, 15) is 9.59 Å². The molecule has 1 atom stereocenters. The normalized spacial score (nSPS) is 17.1. The van der Waals surface area contributed by atoms with Gasteiger partial charge in [-0.15, -0.1) is 12.4 Å². The summed E-state index contributed by atoms with van der Waals surface area (Å²) >= 11 is 0. The molecule has 128 valence electrons. The van der Waals surface area contributed by atoms with Crippen LogP contribution in [0.25, 0.3) is 0 Å². The summed E-state index contributed by atoms with van der Waals surface area (Å²) in [6.07, 6.45) is 0. The van der Waals surface area contributed by atoms with Crippen molar-refractivity contribution in [3.8, 4) is 5.75 Å². The molecule has 23 heavy (non-hydrogen) atoms. The predicted molar refractivity (Wildman–Crippen MR) is 91.2 cm³/mol. The van der Waals surface area contributed by atoms with Gasteiger partial charge in [0.1, 0.15) is 5.75 Å². The van der Waals surface area contributed by atoms with Gasteiger partial charge in [-0.3, -0.25) is 9.59 Å². The van der Waals surface area contributed by atoms with Gasteiger partial charge in [-0.25, -0.2) is 0 Å². The molecule has 1 aromatic carbocycles. The Morgan fingerprint density at radius 2 is 2.13 bits per heavy atom. The number of benzene rings is 1. The lowest BCUT2D eigenvalue weighted by atomic mass is 10.2. The number of hydrogen-bond acceptors (Lipinski definition) is 4. The van der Waals surface area contributed by atoms with Gasteiger partial charge in [0, 0.05) is 25.7 Å². The first-order chi connectivity index (χ1) is 10.6. The Bertz CT molecular complexity index is 539. The van der Waals surface area contributed by atoms with Crippen LogP contribution in [-0.2, 0) is 4.79 Å². The van der Waals surface area contributed by atoms with E-state index < -0.39 is 0 Å². The number of para-hydroxylation sites is 1. The molecule has 1 aliphatic heterocycles. The average Bonchev–Trinajstić information content (AvgIpc) is 2.53. The van der Waals surface area contributed by atoms with E-state index in [0.29, 0.717) is 31.0 Å². The Balaban J connectivity index is 0.00000264. The molecule has 0 radical (unpaired) electrons. The molecule has 0 bridgehead atoms. The van der Waals surface area contributed by atoms with Crippen molar-refractivity contribution < 1.29 is 14.3 Å². The highest BCUT2D eigenvalue weighted by molar-refractivity contribution is 5.98. The van der Waals surface area contributed by atoms with Gasteiger partial charge in [-0.05, 0) is 26.0 Å². The van der Waals surface area contributed by atoms with Gasteiger partial charge in [0.05, 0.1) is 18.7 Å². The molecule has 0 unspecified atom stereocenters. The molecule has 1 saturated heterocycles. The first kappa shape index (κ1) is 19.3. The molecule has 2 amide bonds. The van der Waals surface area contributed by atoms with Crippen LogP contribution < -0.4 is 15.4 Å². The van der Waals surface area contributed by atoms with Gasteiger partial charge in [0.2, 0.25) is 5.91 Å². The number of carbonyl (C=O) groups excluding carboxylic acids is 2. The summed E-state index contributed by atoms with van der Waals surface area (Å²) in [6.45, 7) is 6.53. The second kappa shape index (κ2) is 9.37. The van der Waals surface area contributed by atoms with Crippen molar-refractivity contribution in [1.82, 2.24) is 15.5 Å². The van der Waals surface area contributed by atoms with E-state index in [2.05, 4.69) is 10.6 Å². The Kier molecular flexibility index (Phi) is 7.85. The third-order valence-electron chi connectivity index (χ3n) is 3.55. The molecule has 1 aromatic rings. The van der Waals surface area contributed by atoms with Crippen molar-refractivity contribution in [3.05, 3.63) is 29.8 Å². The minimum Gasteiger partial charge on any atom is -0.493 e. The molecule has 2 N–H and O–H groups in total. The molecule has 0 spiro atoms. The van der Waals surface area contributed by atoms with E-state index in [4.69, 9.17) is 4.74 Å². The summed E-state index contributed by atoms with van der Waals surface area (Å²) in [4.78, 5) is 26.1. The monoisotopic (exact) mass is 341 g/mol. The second-order valence-electron chi connectivity index (χ2n) is 5.31. The molecule has 0 saturated carbocycles. The maximum absolute atomic E-state index is 12.2. The average molecular weight is 342 g/mol. The van der Waals surface area contributed by atoms with E-state index >= 15 is 0 Å². The number of nitrogens with zero attached hydrogens (tertiary/aromatic N) is 1. The van der Waals surface area contributed by atoms with Crippen molar-refractivity contribution >= 4 is 24.2 Å². The van der Waals surface area contributed by atoms with Crippen LogP contribution >= 0.6 is 12.4 Å². The van der Waals surface area contributed by atoms with Crippen LogP contribution in [0.3, 0.4) is 0 Å². The fourth-order valence-corrected chi connectivity index (χ4v) is 2.46. The number of halogens is 1. The zero-order valence-corrected chi connectivity index (χ0v) is 14.3. The fraction of sp³-hybridized carbons (Fsp3) is 0.500. The Hall–Kier alpha value is -1.79. The molecule has 2 rings (SSSR count). The molecular formula is C16H24ClN3O3. The maximum atomic E-state index is 12.2. The standard InChI is InChI=1S/C16H23N3O3.ClH/c1-3-22-14-7-5-4-6-13(14)16(21)18-10-15(20)19-9-8-17-12(2)11-19;/h4-7,12,17H,3,8-11H2,1-2H3,(H,18,21);1H/t12-;/m1./s1. The minimum atomic E-state index is -0.291. The van der Waals surface area contributed by atoms with Crippen LogP contribution in [0.5, 0.6) is 5.75 Å². The van der Waals surface area contributed by atoms with Crippen LogP contribution in [0.15, 0.2) is 24.3 Å². The van der Waals surface area contributed by atoms with Crippen LogP contribution in [-0.4, -0.2) is 55.5 Å². The molecule has 1 heterocycles. The van der Waals surface area contributed by atoms with E-state index in [1.807, 2.05) is 19.9 Å². The van der Waals surface area contributed by atoms with Gasteiger partial charge in [0.15, 0.2) is 0 Å². The first-order valence-corrected chi connectivity index (χ1v) is 7.63. The van der Waals surface area contributed by atoms with E-state index in [-0.39, 0.29) is 36.8 Å². The number of piperazine rings is 1. The van der Waals surface area contributed by atoms with Crippen molar-refractivity contribution in [2.45, 2.75) is 19.9 Å². The van der Waals surface area contributed by atoms with Crippen LogP contribution in [0.2, 0.25) is 0 Å². The maximum Gasteiger partial charge on any atom is 0.255 e. The van der Waals surface area contributed by atoms with E-state index in [0.717, 1.165) is 6.54 Å². The first-order valence-electron chi connectivity index (χ1n) is 7.63. The Labute approximate surface area is 143 Å². The Morgan fingerprint density at radius 3 is 2.83 bits per heavy atom. The molecule has 1 fully saturated rings. The number of rotatable bonds is 5. The summed E-state index contributed by atoms with van der Waals surface area (Å²) < 4.78 is 5.43.